The zero-order valence-corrected chi connectivity index (χ0v) is 16.3. The van der Waals surface area contributed by atoms with Crippen molar-refractivity contribution >= 4 is 33.4 Å². The van der Waals surface area contributed by atoms with E-state index in [-0.39, 0.29) is 11.9 Å². The van der Waals surface area contributed by atoms with Gasteiger partial charge in [0.05, 0.1) is 5.56 Å². The molecule has 1 aliphatic heterocycles. The highest BCUT2D eigenvalue weighted by atomic mass is 79.9. The molecular formula is C19H21BrClN3O. The van der Waals surface area contributed by atoms with Gasteiger partial charge in [0.1, 0.15) is 0 Å². The van der Waals surface area contributed by atoms with Gasteiger partial charge in [-0.2, -0.15) is 0 Å². The number of rotatable bonds is 5. The minimum absolute atomic E-state index is 0.0652. The summed E-state index contributed by atoms with van der Waals surface area (Å²) >= 11 is 9.41. The van der Waals surface area contributed by atoms with Crippen molar-refractivity contribution in [2.45, 2.75) is 25.3 Å². The minimum atomic E-state index is -0.0652. The number of nitrogens with one attached hydrogen (secondary N) is 1. The zero-order chi connectivity index (χ0) is 17.6. The first kappa shape index (κ1) is 18.4. The first-order valence-corrected chi connectivity index (χ1v) is 9.66. The van der Waals surface area contributed by atoms with E-state index in [1.165, 1.54) is 5.56 Å². The van der Waals surface area contributed by atoms with E-state index < -0.39 is 0 Å². The third kappa shape index (κ3) is 5.27. The molecule has 0 saturated carbocycles. The van der Waals surface area contributed by atoms with Crippen molar-refractivity contribution in [3.63, 3.8) is 0 Å². The third-order valence-electron chi connectivity index (χ3n) is 4.56. The van der Waals surface area contributed by atoms with E-state index in [1.54, 1.807) is 18.2 Å². The van der Waals surface area contributed by atoms with E-state index in [1.807, 2.05) is 12.4 Å². The Bertz CT molecular complexity index is 718. The zero-order valence-electron chi connectivity index (χ0n) is 13.9. The number of piperidine rings is 1. The van der Waals surface area contributed by atoms with Gasteiger partial charge in [0.25, 0.3) is 5.91 Å². The first-order chi connectivity index (χ1) is 12.1. The standard InChI is InChI=1S/C19H21BrClN3O/c20-18-2-1-15(21)13-17(18)19(25)23-16-6-11-24(12-7-16)10-5-14-3-8-22-9-4-14/h1-4,8-9,13,16H,5-7,10-12H2,(H,23,25). The largest absolute Gasteiger partial charge is 0.349 e. The van der Waals surface area contributed by atoms with Gasteiger partial charge in [-0.3, -0.25) is 9.78 Å². The van der Waals surface area contributed by atoms with Gasteiger partial charge >= 0.3 is 0 Å². The van der Waals surface area contributed by atoms with Crippen LogP contribution in [0.4, 0.5) is 0 Å². The normalized spacial score (nSPS) is 15.9. The summed E-state index contributed by atoms with van der Waals surface area (Å²) in [7, 11) is 0. The number of aromatic nitrogens is 1. The number of likely N-dealkylation sites (tertiary alicyclic amines) is 1. The monoisotopic (exact) mass is 421 g/mol. The Morgan fingerprint density at radius 2 is 1.96 bits per heavy atom. The molecule has 3 rings (SSSR count). The number of amides is 1. The van der Waals surface area contributed by atoms with Crippen LogP contribution in [0.5, 0.6) is 0 Å². The molecule has 6 heteroatoms. The summed E-state index contributed by atoms with van der Waals surface area (Å²) in [5.74, 6) is -0.0652. The number of pyridine rings is 1. The summed E-state index contributed by atoms with van der Waals surface area (Å²) in [6, 6.07) is 9.62. The summed E-state index contributed by atoms with van der Waals surface area (Å²) < 4.78 is 0.768. The van der Waals surface area contributed by atoms with E-state index in [9.17, 15) is 4.79 Å². The second-order valence-electron chi connectivity index (χ2n) is 6.32. The second-order valence-corrected chi connectivity index (χ2v) is 7.61. The maximum Gasteiger partial charge on any atom is 0.252 e. The Kier molecular flexibility index (Phi) is 6.45. The number of carbonyl (C=O) groups excluding carboxylic acids is 1. The summed E-state index contributed by atoms with van der Waals surface area (Å²) in [5, 5.41) is 3.70. The lowest BCUT2D eigenvalue weighted by atomic mass is 10.0. The number of carbonyl (C=O) groups is 1. The van der Waals surface area contributed by atoms with Crippen molar-refractivity contribution in [1.82, 2.24) is 15.2 Å². The third-order valence-corrected chi connectivity index (χ3v) is 5.49. The van der Waals surface area contributed by atoms with E-state index in [2.05, 4.69) is 43.3 Å². The predicted octanol–water partition coefficient (Wildman–Crippen LogP) is 3.93. The summed E-state index contributed by atoms with van der Waals surface area (Å²) in [5.41, 5.74) is 1.91. The molecule has 0 spiro atoms. The first-order valence-electron chi connectivity index (χ1n) is 8.49. The molecule has 1 fully saturated rings. The van der Waals surface area contributed by atoms with Crippen LogP contribution in [0.3, 0.4) is 0 Å². The van der Waals surface area contributed by atoms with Crippen LogP contribution in [0.15, 0.2) is 47.2 Å². The molecule has 1 amide bonds. The van der Waals surface area contributed by atoms with Crippen molar-refractivity contribution in [3.8, 4) is 0 Å². The van der Waals surface area contributed by atoms with Crippen molar-refractivity contribution in [2.75, 3.05) is 19.6 Å². The lowest BCUT2D eigenvalue weighted by Gasteiger charge is -2.32. The minimum Gasteiger partial charge on any atom is -0.349 e. The molecule has 2 heterocycles. The molecule has 0 aliphatic carbocycles. The average Bonchev–Trinajstić information content (AvgIpc) is 2.64. The van der Waals surface area contributed by atoms with Gasteiger partial charge in [0.2, 0.25) is 0 Å². The number of hydrogen-bond donors (Lipinski definition) is 1. The molecule has 1 N–H and O–H groups in total. The Balaban J connectivity index is 1.46. The highest BCUT2D eigenvalue weighted by molar-refractivity contribution is 9.10. The molecule has 132 valence electrons. The van der Waals surface area contributed by atoms with E-state index in [0.29, 0.717) is 10.6 Å². The predicted molar refractivity (Wildman–Crippen MR) is 104 cm³/mol. The molecule has 1 saturated heterocycles. The molecule has 1 aliphatic rings. The number of hydrogen-bond acceptors (Lipinski definition) is 3. The second kappa shape index (κ2) is 8.79. The van der Waals surface area contributed by atoms with Crippen LogP contribution in [0.25, 0.3) is 0 Å². The molecular weight excluding hydrogens is 402 g/mol. The van der Waals surface area contributed by atoms with Crippen LogP contribution in [0.1, 0.15) is 28.8 Å². The maximum atomic E-state index is 12.5. The van der Waals surface area contributed by atoms with Gasteiger partial charge in [-0.15, -0.1) is 0 Å². The Hall–Kier alpha value is -1.43. The van der Waals surface area contributed by atoms with Crippen LogP contribution >= 0.6 is 27.5 Å². The van der Waals surface area contributed by atoms with Crippen LogP contribution in [0, 0.1) is 0 Å². The van der Waals surface area contributed by atoms with Gasteiger partial charge in [-0.25, -0.2) is 0 Å². The molecule has 25 heavy (non-hydrogen) atoms. The molecule has 2 aromatic rings. The van der Waals surface area contributed by atoms with Crippen molar-refractivity contribution in [3.05, 3.63) is 63.3 Å². The van der Waals surface area contributed by atoms with E-state index >= 15 is 0 Å². The summed E-state index contributed by atoms with van der Waals surface area (Å²) in [6.45, 7) is 3.06. The maximum absolute atomic E-state index is 12.5. The highest BCUT2D eigenvalue weighted by Crippen LogP contribution is 2.22. The summed E-state index contributed by atoms with van der Waals surface area (Å²) in [4.78, 5) is 19.0. The fourth-order valence-electron chi connectivity index (χ4n) is 3.07. The molecule has 0 bridgehead atoms. The van der Waals surface area contributed by atoms with E-state index in [0.717, 1.165) is 43.4 Å². The average molecular weight is 423 g/mol. The van der Waals surface area contributed by atoms with Gasteiger partial charge in [-0.1, -0.05) is 11.6 Å². The SMILES string of the molecule is O=C(NC1CCN(CCc2ccncc2)CC1)c1cc(Cl)ccc1Br. The van der Waals surface area contributed by atoms with Crippen LogP contribution in [-0.2, 0) is 6.42 Å². The van der Waals surface area contributed by atoms with Gasteiger partial charge in [0.15, 0.2) is 0 Å². The topological polar surface area (TPSA) is 45.2 Å². The molecule has 4 nitrogen and oxygen atoms in total. The van der Waals surface area contributed by atoms with Crippen LogP contribution in [0.2, 0.25) is 5.02 Å². The fourth-order valence-corrected chi connectivity index (χ4v) is 3.67. The van der Waals surface area contributed by atoms with Crippen molar-refractivity contribution in [1.29, 1.82) is 0 Å². The number of halogens is 2. The molecule has 0 radical (unpaired) electrons. The Morgan fingerprint density at radius 1 is 1.24 bits per heavy atom. The summed E-state index contributed by atoms with van der Waals surface area (Å²) in [6.07, 6.45) is 6.66. The smallest absolute Gasteiger partial charge is 0.252 e. The van der Waals surface area contributed by atoms with E-state index in [4.69, 9.17) is 11.6 Å². The molecule has 0 atom stereocenters. The van der Waals surface area contributed by atoms with Crippen LogP contribution in [-0.4, -0.2) is 41.5 Å². The van der Waals surface area contributed by atoms with Crippen LogP contribution < -0.4 is 5.32 Å². The van der Waals surface area contributed by atoms with Gasteiger partial charge in [0, 0.05) is 47.6 Å². The number of benzene rings is 1. The van der Waals surface area contributed by atoms with Gasteiger partial charge < -0.3 is 10.2 Å². The molecule has 1 aromatic carbocycles. The quantitative estimate of drug-likeness (QED) is 0.794. The molecule has 0 unspecified atom stereocenters. The van der Waals surface area contributed by atoms with Crippen molar-refractivity contribution in [2.24, 2.45) is 0 Å². The Morgan fingerprint density at radius 3 is 2.68 bits per heavy atom. The highest BCUT2D eigenvalue weighted by Gasteiger charge is 2.21. The molecule has 1 aromatic heterocycles. The van der Waals surface area contributed by atoms with Gasteiger partial charge in [-0.05, 0) is 71.1 Å². The lowest BCUT2D eigenvalue weighted by Crippen LogP contribution is -2.45. The lowest BCUT2D eigenvalue weighted by molar-refractivity contribution is 0.0910. The van der Waals surface area contributed by atoms with Crippen molar-refractivity contribution < 1.29 is 4.79 Å². The Labute approximate surface area is 161 Å². The fraction of sp³-hybridized carbons (Fsp3) is 0.368. The number of nitrogens with zero attached hydrogens (tertiary/aromatic N) is 2.